The topological polar surface area (TPSA) is 92.8 Å². The minimum Gasteiger partial charge on any atom is -0.452 e. The lowest BCUT2D eigenvalue weighted by Crippen LogP contribution is -2.30. The predicted molar refractivity (Wildman–Crippen MR) is 107 cm³/mol. The zero-order valence-electron chi connectivity index (χ0n) is 15.5. The Hall–Kier alpha value is -2.42. The van der Waals surface area contributed by atoms with E-state index in [9.17, 15) is 18.0 Å². The Morgan fingerprint density at radius 3 is 2.11 bits per heavy atom. The number of nitrogens with one attached hydrogen (secondary N) is 1. The molecular weight excluding hydrogens is 404 g/mol. The Kier molecular flexibility index (Phi) is 7.56. The van der Waals surface area contributed by atoms with E-state index >= 15 is 0 Å². The molecule has 0 aliphatic heterocycles. The molecule has 0 spiro atoms. The van der Waals surface area contributed by atoms with Crippen LogP contribution >= 0.6 is 11.6 Å². The second-order valence-electron chi connectivity index (χ2n) is 5.74. The summed E-state index contributed by atoms with van der Waals surface area (Å²) < 4.78 is 31.2. The highest BCUT2D eigenvalue weighted by Gasteiger charge is 2.21. The van der Waals surface area contributed by atoms with Crippen LogP contribution in [0.2, 0.25) is 5.02 Å². The highest BCUT2D eigenvalue weighted by molar-refractivity contribution is 7.89. The summed E-state index contributed by atoms with van der Waals surface area (Å²) in [6.45, 7) is 3.80. The number of sulfonamides is 1. The van der Waals surface area contributed by atoms with E-state index in [4.69, 9.17) is 16.3 Å². The normalized spacial score (nSPS) is 11.3. The van der Waals surface area contributed by atoms with Gasteiger partial charge in [-0.15, -0.1) is 0 Å². The number of hydrogen-bond acceptors (Lipinski definition) is 5. The van der Waals surface area contributed by atoms with Crippen molar-refractivity contribution >= 4 is 39.2 Å². The quantitative estimate of drug-likeness (QED) is 0.657. The van der Waals surface area contributed by atoms with Crippen molar-refractivity contribution in [2.75, 3.05) is 25.0 Å². The minimum absolute atomic E-state index is 0.142. The molecule has 9 heteroatoms. The van der Waals surface area contributed by atoms with Gasteiger partial charge in [0, 0.05) is 23.8 Å². The van der Waals surface area contributed by atoms with Gasteiger partial charge in [-0.2, -0.15) is 4.31 Å². The summed E-state index contributed by atoms with van der Waals surface area (Å²) in [6, 6.07) is 11.9. The summed E-state index contributed by atoms with van der Waals surface area (Å²) in [6.07, 6.45) is 0. The molecule has 0 atom stereocenters. The fraction of sp³-hybridized carbons (Fsp3) is 0.263. The van der Waals surface area contributed by atoms with Crippen LogP contribution < -0.4 is 5.32 Å². The van der Waals surface area contributed by atoms with Crippen molar-refractivity contribution in [3.63, 3.8) is 0 Å². The van der Waals surface area contributed by atoms with Crippen molar-refractivity contribution in [2.24, 2.45) is 0 Å². The van der Waals surface area contributed by atoms with E-state index in [0.717, 1.165) is 0 Å². The van der Waals surface area contributed by atoms with Crippen LogP contribution in [0.3, 0.4) is 0 Å². The molecule has 0 radical (unpaired) electrons. The van der Waals surface area contributed by atoms with E-state index in [1.807, 2.05) is 0 Å². The maximum atomic E-state index is 12.4. The first-order valence-corrected chi connectivity index (χ1v) is 10.4. The Bertz CT molecular complexity index is 924. The van der Waals surface area contributed by atoms with Crippen molar-refractivity contribution in [3.8, 4) is 0 Å². The Morgan fingerprint density at radius 1 is 1.00 bits per heavy atom. The maximum Gasteiger partial charge on any atom is 0.338 e. The van der Waals surface area contributed by atoms with Gasteiger partial charge in [-0.3, -0.25) is 4.79 Å². The Labute approximate surface area is 169 Å². The SMILES string of the molecule is CCN(CC)S(=O)(=O)c1ccc(NC(=O)COC(=O)c2ccc(Cl)cc2)cc1. The van der Waals surface area contributed by atoms with Gasteiger partial charge >= 0.3 is 5.97 Å². The third kappa shape index (κ3) is 5.54. The average molecular weight is 425 g/mol. The molecule has 28 heavy (non-hydrogen) atoms. The molecule has 150 valence electrons. The predicted octanol–water partition coefficient (Wildman–Crippen LogP) is 3.17. The van der Waals surface area contributed by atoms with Gasteiger partial charge in [0.1, 0.15) is 0 Å². The summed E-state index contributed by atoms with van der Waals surface area (Å²) in [4.78, 5) is 24.0. The van der Waals surface area contributed by atoms with Crippen LogP contribution in [0.25, 0.3) is 0 Å². The molecule has 0 saturated heterocycles. The number of anilines is 1. The average Bonchev–Trinajstić information content (AvgIpc) is 2.68. The molecule has 2 aromatic rings. The zero-order chi connectivity index (χ0) is 20.7. The van der Waals surface area contributed by atoms with Gasteiger partial charge in [-0.1, -0.05) is 25.4 Å². The summed E-state index contributed by atoms with van der Waals surface area (Å²) in [7, 11) is -3.56. The van der Waals surface area contributed by atoms with Crippen molar-refractivity contribution in [3.05, 3.63) is 59.1 Å². The number of carbonyl (C=O) groups is 2. The molecule has 2 rings (SSSR count). The van der Waals surface area contributed by atoms with Gasteiger partial charge in [0.25, 0.3) is 5.91 Å². The minimum atomic E-state index is -3.56. The van der Waals surface area contributed by atoms with E-state index < -0.39 is 28.5 Å². The number of carbonyl (C=O) groups excluding carboxylic acids is 2. The van der Waals surface area contributed by atoms with Gasteiger partial charge in [0.05, 0.1) is 10.5 Å². The number of amides is 1. The number of hydrogen-bond donors (Lipinski definition) is 1. The van der Waals surface area contributed by atoms with E-state index in [0.29, 0.717) is 23.8 Å². The molecule has 0 saturated carbocycles. The smallest absolute Gasteiger partial charge is 0.338 e. The van der Waals surface area contributed by atoms with Crippen LogP contribution in [0.1, 0.15) is 24.2 Å². The highest BCUT2D eigenvalue weighted by atomic mass is 35.5. The molecule has 0 aliphatic rings. The lowest BCUT2D eigenvalue weighted by molar-refractivity contribution is -0.119. The number of nitrogens with zero attached hydrogens (tertiary/aromatic N) is 1. The van der Waals surface area contributed by atoms with Gasteiger partial charge < -0.3 is 10.1 Å². The van der Waals surface area contributed by atoms with E-state index in [1.165, 1.54) is 40.7 Å². The van der Waals surface area contributed by atoms with Crippen LogP contribution in [0.4, 0.5) is 5.69 Å². The molecular formula is C19H21ClN2O5S. The molecule has 1 N–H and O–H groups in total. The molecule has 0 aliphatic carbocycles. The lowest BCUT2D eigenvalue weighted by Gasteiger charge is -2.18. The summed E-state index contributed by atoms with van der Waals surface area (Å²) in [5, 5.41) is 3.03. The van der Waals surface area contributed by atoms with Crippen molar-refractivity contribution < 1.29 is 22.7 Å². The molecule has 0 bridgehead atoms. The van der Waals surface area contributed by atoms with Crippen molar-refractivity contribution in [1.29, 1.82) is 0 Å². The van der Waals surface area contributed by atoms with Crippen LogP contribution in [-0.2, 0) is 19.6 Å². The van der Waals surface area contributed by atoms with Crippen molar-refractivity contribution in [2.45, 2.75) is 18.7 Å². The zero-order valence-corrected chi connectivity index (χ0v) is 17.1. The van der Waals surface area contributed by atoms with Gasteiger partial charge in [-0.05, 0) is 48.5 Å². The monoisotopic (exact) mass is 424 g/mol. The Morgan fingerprint density at radius 2 is 1.57 bits per heavy atom. The summed E-state index contributed by atoms with van der Waals surface area (Å²) >= 11 is 5.75. The van der Waals surface area contributed by atoms with E-state index in [2.05, 4.69) is 5.32 Å². The number of rotatable bonds is 8. The molecule has 0 unspecified atom stereocenters. The van der Waals surface area contributed by atoms with E-state index in [1.54, 1.807) is 26.0 Å². The fourth-order valence-corrected chi connectivity index (χ4v) is 4.00. The third-order valence-corrected chi connectivity index (χ3v) is 6.21. The summed E-state index contributed by atoms with van der Waals surface area (Å²) in [5.74, 6) is -1.19. The molecule has 0 heterocycles. The van der Waals surface area contributed by atoms with Gasteiger partial charge in [0.15, 0.2) is 6.61 Å². The van der Waals surface area contributed by atoms with E-state index in [-0.39, 0.29) is 10.5 Å². The highest BCUT2D eigenvalue weighted by Crippen LogP contribution is 2.18. The molecule has 0 aromatic heterocycles. The Balaban J connectivity index is 1.94. The van der Waals surface area contributed by atoms with Gasteiger partial charge in [0.2, 0.25) is 10.0 Å². The maximum absolute atomic E-state index is 12.4. The van der Waals surface area contributed by atoms with Crippen LogP contribution in [0.15, 0.2) is 53.4 Å². The van der Waals surface area contributed by atoms with Crippen LogP contribution in [-0.4, -0.2) is 44.3 Å². The van der Waals surface area contributed by atoms with Gasteiger partial charge in [-0.25, -0.2) is 13.2 Å². The first kappa shape index (κ1) is 21.9. The second-order valence-corrected chi connectivity index (χ2v) is 8.12. The first-order valence-electron chi connectivity index (χ1n) is 8.60. The number of esters is 1. The lowest BCUT2D eigenvalue weighted by atomic mass is 10.2. The molecule has 7 nitrogen and oxygen atoms in total. The number of halogens is 1. The number of ether oxygens (including phenoxy) is 1. The molecule has 2 aromatic carbocycles. The first-order chi connectivity index (χ1) is 13.3. The standard InChI is InChI=1S/C19H21ClN2O5S/c1-3-22(4-2)28(25,26)17-11-9-16(10-12-17)21-18(23)13-27-19(24)14-5-7-15(20)8-6-14/h5-12H,3-4,13H2,1-2H3,(H,21,23). The fourth-order valence-electron chi connectivity index (χ4n) is 2.42. The third-order valence-electron chi connectivity index (χ3n) is 3.90. The largest absolute Gasteiger partial charge is 0.452 e. The molecule has 0 fully saturated rings. The van der Waals surface area contributed by atoms with Crippen LogP contribution in [0.5, 0.6) is 0 Å². The van der Waals surface area contributed by atoms with Crippen molar-refractivity contribution in [1.82, 2.24) is 4.31 Å². The number of benzene rings is 2. The van der Waals surface area contributed by atoms with Crippen LogP contribution in [0, 0.1) is 0 Å². The second kappa shape index (κ2) is 9.68. The summed E-state index contributed by atoms with van der Waals surface area (Å²) in [5.41, 5.74) is 0.675. The molecule has 1 amide bonds.